The van der Waals surface area contributed by atoms with E-state index in [9.17, 15) is 9.59 Å². The molecule has 0 unspecified atom stereocenters. The van der Waals surface area contributed by atoms with E-state index in [4.69, 9.17) is 17.0 Å². The Hall–Kier alpha value is -2.93. The molecule has 2 aromatic carbocycles. The molecular formula is C25H31N3O3S. The Morgan fingerprint density at radius 1 is 1.09 bits per heavy atom. The maximum Gasteiger partial charge on any atom is 0.261 e. The average molecular weight is 454 g/mol. The van der Waals surface area contributed by atoms with Crippen LogP contribution >= 0.6 is 12.2 Å². The lowest BCUT2D eigenvalue weighted by Crippen LogP contribution is -2.37. The van der Waals surface area contributed by atoms with Crippen LogP contribution in [0.5, 0.6) is 5.75 Å². The van der Waals surface area contributed by atoms with E-state index in [1.807, 2.05) is 11.0 Å². The highest BCUT2D eigenvalue weighted by Gasteiger charge is 2.21. The molecule has 3 rings (SSSR count). The number of carbonyl (C=O) groups excluding carboxylic acids is 2. The average Bonchev–Trinajstić information content (AvgIpc) is 2.80. The number of para-hydroxylation sites is 1. The molecule has 1 saturated heterocycles. The maximum absolute atomic E-state index is 12.7. The van der Waals surface area contributed by atoms with Gasteiger partial charge in [0.1, 0.15) is 5.75 Å². The van der Waals surface area contributed by atoms with Crippen molar-refractivity contribution in [2.45, 2.75) is 39.5 Å². The van der Waals surface area contributed by atoms with Gasteiger partial charge in [-0.25, -0.2) is 0 Å². The van der Waals surface area contributed by atoms with Crippen LogP contribution in [0, 0.1) is 5.92 Å². The summed E-state index contributed by atoms with van der Waals surface area (Å²) in [5, 5.41) is 5.88. The van der Waals surface area contributed by atoms with Crippen LogP contribution in [-0.2, 0) is 0 Å². The lowest BCUT2D eigenvalue weighted by Gasteiger charge is -2.30. The highest BCUT2D eigenvalue weighted by molar-refractivity contribution is 7.80. The zero-order chi connectivity index (χ0) is 22.9. The van der Waals surface area contributed by atoms with Crippen LogP contribution in [0.4, 0.5) is 5.69 Å². The number of unbranched alkanes of at least 4 members (excludes halogenated alkanes) is 1. The molecular weight excluding hydrogens is 422 g/mol. The van der Waals surface area contributed by atoms with Gasteiger partial charge in [-0.2, -0.15) is 0 Å². The Morgan fingerprint density at radius 2 is 1.78 bits per heavy atom. The molecule has 0 radical (unpaired) electrons. The van der Waals surface area contributed by atoms with E-state index in [1.54, 1.807) is 42.5 Å². The summed E-state index contributed by atoms with van der Waals surface area (Å²) in [5.41, 5.74) is 1.79. The number of benzene rings is 2. The molecule has 32 heavy (non-hydrogen) atoms. The third kappa shape index (κ3) is 6.53. The zero-order valence-electron chi connectivity index (χ0n) is 18.7. The first-order chi connectivity index (χ1) is 15.5. The minimum atomic E-state index is -0.333. The second-order valence-corrected chi connectivity index (χ2v) is 8.57. The summed E-state index contributed by atoms with van der Waals surface area (Å²) in [7, 11) is 0. The molecule has 170 valence electrons. The second-order valence-electron chi connectivity index (χ2n) is 8.16. The number of ether oxygens (including phenoxy) is 1. The van der Waals surface area contributed by atoms with Crippen LogP contribution < -0.4 is 15.4 Å². The first-order valence-corrected chi connectivity index (χ1v) is 11.6. The van der Waals surface area contributed by atoms with Crippen LogP contribution in [0.15, 0.2) is 48.5 Å². The summed E-state index contributed by atoms with van der Waals surface area (Å²) in [5.74, 6) is 0.938. The normalized spacial score (nSPS) is 14.0. The van der Waals surface area contributed by atoms with Gasteiger partial charge in [0.05, 0.1) is 12.2 Å². The number of carbonyl (C=O) groups is 2. The number of hydrogen-bond acceptors (Lipinski definition) is 4. The van der Waals surface area contributed by atoms with Gasteiger partial charge in [0.15, 0.2) is 5.11 Å². The Kier molecular flexibility index (Phi) is 8.62. The monoisotopic (exact) mass is 453 g/mol. The molecule has 6 nitrogen and oxygen atoms in total. The van der Waals surface area contributed by atoms with E-state index in [0.717, 1.165) is 38.8 Å². The minimum Gasteiger partial charge on any atom is -0.493 e. The third-order valence-corrected chi connectivity index (χ3v) is 5.78. The third-order valence-electron chi connectivity index (χ3n) is 5.57. The standard InChI is InChI=1S/C25H31N3O3S/c1-3-4-17-31-22-8-6-5-7-21(22)23(29)27-25(32)26-20-11-9-19(10-12-20)24(30)28-15-13-18(2)14-16-28/h5-12,18H,3-4,13-17H2,1-2H3,(H2,26,27,29,32). The van der Waals surface area contributed by atoms with Crippen molar-refractivity contribution in [3.63, 3.8) is 0 Å². The van der Waals surface area contributed by atoms with Crippen LogP contribution in [-0.4, -0.2) is 41.5 Å². The van der Waals surface area contributed by atoms with E-state index in [2.05, 4.69) is 24.5 Å². The van der Waals surface area contributed by atoms with E-state index in [1.165, 1.54) is 0 Å². The second kappa shape index (κ2) is 11.6. The van der Waals surface area contributed by atoms with Crippen molar-refractivity contribution in [2.24, 2.45) is 5.92 Å². The first kappa shape index (κ1) is 23.7. The van der Waals surface area contributed by atoms with Gasteiger partial charge >= 0.3 is 0 Å². The molecule has 1 heterocycles. The van der Waals surface area contributed by atoms with Gasteiger partial charge in [0.25, 0.3) is 11.8 Å². The summed E-state index contributed by atoms with van der Waals surface area (Å²) < 4.78 is 5.73. The summed E-state index contributed by atoms with van der Waals surface area (Å²) >= 11 is 5.30. The first-order valence-electron chi connectivity index (χ1n) is 11.2. The maximum atomic E-state index is 12.7. The molecule has 2 amide bonds. The summed E-state index contributed by atoms with van der Waals surface area (Å²) in [6, 6.07) is 14.3. The van der Waals surface area contributed by atoms with Crippen LogP contribution in [0.2, 0.25) is 0 Å². The predicted molar refractivity (Wildman–Crippen MR) is 131 cm³/mol. The van der Waals surface area contributed by atoms with Crippen LogP contribution in [0.3, 0.4) is 0 Å². The quantitative estimate of drug-likeness (QED) is 0.463. The van der Waals surface area contributed by atoms with Gasteiger partial charge in [-0.05, 0) is 73.8 Å². The number of rotatable bonds is 7. The molecule has 0 saturated carbocycles. The molecule has 0 aromatic heterocycles. The lowest BCUT2D eigenvalue weighted by molar-refractivity contribution is 0.0697. The fraction of sp³-hybridized carbons (Fsp3) is 0.400. The Balaban J connectivity index is 1.55. The van der Waals surface area contributed by atoms with Gasteiger partial charge in [-0.3, -0.25) is 14.9 Å². The van der Waals surface area contributed by atoms with E-state index < -0.39 is 0 Å². The number of piperidine rings is 1. The fourth-order valence-corrected chi connectivity index (χ4v) is 3.74. The zero-order valence-corrected chi connectivity index (χ0v) is 19.5. The van der Waals surface area contributed by atoms with Gasteiger partial charge < -0.3 is 15.0 Å². The number of hydrogen-bond donors (Lipinski definition) is 2. The Labute approximate surface area is 195 Å². The van der Waals surface area contributed by atoms with Gasteiger partial charge in [-0.15, -0.1) is 0 Å². The molecule has 2 aromatic rings. The highest BCUT2D eigenvalue weighted by atomic mass is 32.1. The SMILES string of the molecule is CCCCOc1ccccc1C(=O)NC(=S)Nc1ccc(C(=O)N2CCC(C)CC2)cc1. The number of thiocarbonyl (C=S) groups is 1. The Morgan fingerprint density at radius 3 is 2.47 bits per heavy atom. The molecule has 0 spiro atoms. The summed E-state index contributed by atoms with van der Waals surface area (Å²) in [6.07, 6.45) is 4.04. The molecule has 1 aliphatic rings. The van der Waals surface area contributed by atoms with Crippen LogP contribution in [0.1, 0.15) is 60.2 Å². The predicted octanol–water partition coefficient (Wildman–Crippen LogP) is 4.86. The van der Waals surface area contributed by atoms with Gasteiger partial charge in [-0.1, -0.05) is 32.4 Å². The number of likely N-dealkylation sites (tertiary alicyclic amines) is 1. The smallest absolute Gasteiger partial charge is 0.261 e. The largest absolute Gasteiger partial charge is 0.493 e. The van der Waals surface area contributed by atoms with E-state index in [-0.39, 0.29) is 16.9 Å². The van der Waals surface area contributed by atoms with Crippen molar-refractivity contribution in [3.8, 4) is 5.75 Å². The van der Waals surface area contributed by atoms with Crippen molar-refractivity contribution in [2.75, 3.05) is 25.0 Å². The van der Waals surface area contributed by atoms with Crippen molar-refractivity contribution < 1.29 is 14.3 Å². The fourth-order valence-electron chi connectivity index (χ4n) is 3.53. The highest BCUT2D eigenvalue weighted by Crippen LogP contribution is 2.20. The topological polar surface area (TPSA) is 70.7 Å². The molecule has 0 atom stereocenters. The van der Waals surface area contributed by atoms with Crippen molar-refractivity contribution in [1.29, 1.82) is 0 Å². The van der Waals surface area contributed by atoms with Gasteiger partial charge in [0, 0.05) is 24.3 Å². The molecule has 7 heteroatoms. The van der Waals surface area contributed by atoms with Crippen molar-refractivity contribution in [3.05, 3.63) is 59.7 Å². The molecule has 0 bridgehead atoms. The molecule has 0 aliphatic carbocycles. The van der Waals surface area contributed by atoms with E-state index in [0.29, 0.717) is 35.1 Å². The Bertz CT molecular complexity index is 938. The van der Waals surface area contributed by atoms with Crippen molar-refractivity contribution in [1.82, 2.24) is 10.2 Å². The number of anilines is 1. The number of nitrogens with one attached hydrogen (secondary N) is 2. The van der Waals surface area contributed by atoms with Crippen LogP contribution in [0.25, 0.3) is 0 Å². The summed E-state index contributed by atoms with van der Waals surface area (Å²) in [4.78, 5) is 27.3. The molecule has 1 fully saturated rings. The molecule has 2 N–H and O–H groups in total. The number of nitrogens with zero attached hydrogens (tertiary/aromatic N) is 1. The van der Waals surface area contributed by atoms with E-state index >= 15 is 0 Å². The lowest BCUT2D eigenvalue weighted by atomic mass is 9.98. The molecule has 1 aliphatic heterocycles. The van der Waals surface area contributed by atoms with Crippen molar-refractivity contribution >= 4 is 34.8 Å². The summed E-state index contributed by atoms with van der Waals surface area (Å²) in [6.45, 7) is 6.48. The number of amides is 2. The minimum absolute atomic E-state index is 0.0546. The van der Waals surface area contributed by atoms with Gasteiger partial charge in [0.2, 0.25) is 0 Å².